The molecule has 0 unspecified atom stereocenters. The summed E-state index contributed by atoms with van der Waals surface area (Å²) in [5.74, 6) is -2.55. The molecule has 0 aliphatic carbocycles. The number of nitrogen functional groups attached to an aromatic ring is 1. The summed E-state index contributed by atoms with van der Waals surface area (Å²) in [5, 5.41) is 9.79. The lowest BCUT2D eigenvalue weighted by molar-refractivity contribution is -0.163. The topological polar surface area (TPSA) is 98.9 Å². The van der Waals surface area contributed by atoms with Crippen LogP contribution in [0.1, 0.15) is 5.56 Å². The van der Waals surface area contributed by atoms with Gasteiger partial charge < -0.3 is 20.3 Å². The first-order valence-corrected chi connectivity index (χ1v) is 5.67. The monoisotopic (exact) mass is 267 g/mol. The lowest BCUT2D eigenvalue weighted by Crippen LogP contribution is -2.37. The molecule has 6 nitrogen and oxygen atoms in total. The van der Waals surface area contributed by atoms with Crippen LogP contribution in [0.25, 0.3) is 0 Å². The molecule has 1 aromatic rings. The van der Waals surface area contributed by atoms with Crippen LogP contribution in [-0.2, 0) is 25.5 Å². The zero-order valence-corrected chi connectivity index (χ0v) is 10.8. The van der Waals surface area contributed by atoms with Gasteiger partial charge in [0, 0.05) is 5.69 Å². The molecule has 0 aromatic heterocycles. The number of benzene rings is 1. The van der Waals surface area contributed by atoms with Crippen LogP contribution in [0.5, 0.6) is 0 Å². The smallest absolute Gasteiger partial charge is 0.335 e. The molecule has 0 bridgehead atoms. The highest BCUT2D eigenvalue weighted by atomic mass is 16.5. The molecule has 0 amide bonds. The van der Waals surface area contributed by atoms with Crippen LogP contribution >= 0.6 is 0 Å². The molecule has 2 atom stereocenters. The Balaban J connectivity index is 2.89. The van der Waals surface area contributed by atoms with Gasteiger partial charge in [0.25, 0.3) is 0 Å². The Kier molecular flexibility index (Phi) is 5.32. The maximum Gasteiger partial charge on any atom is 0.335 e. The number of nitrogens with two attached hydrogens (primary N) is 1. The normalized spacial score (nSPS) is 13.4. The standard InChI is InChI=1S/C13H17NO5/c1-18-12(16)10(11(15)13(17)19-2)7-8-3-5-9(14)6-4-8/h3-6,10-11,15H,7,14H2,1-2H3/t10-,11+/m1/s1. The fraction of sp³-hybridized carbons (Fsp3) is 0.385. The molecule has 0 aliphatic rings. The molecular formula is C13H17NO5. The number of anilines is 1. The van der Waals surface area contributed by atoms with E-state index in [0.717, 1.165) is 12.7 Å². The number of methoxy groups -OCH3 is 2. The molecule has 1 aromatic carbocycles. The van der Waals surface area contributed by atoms with Gasteiger partial charge in [-0.1, -0.05) is 12.1 Å². The summed E-state index contributed by atoms with van der Waals surface area (Å²) in [7, 11) is 2.34. The van der Waals surface area contributed by atoms with E-state index in [1.807, 2.05) is 0 Å². The minimum Gasteiger partial charge on any atom is -0.469 e. The fourth-order valence-electron chi connectivity index (χ4n) is 1.67. The Labute approximate surface area is 111 Å². The molecule has 0 fully saturated rings. The molecule has 0 aliphatic heterocycles. The van der Waals surface area contributed by atoms with E-state index < -0.39 is 24.0 Å². The maximum atomic E-state index is 11.6. The fourth-order valence-corrected chi connectivity index (χ4v) is 1.67. The van der Waals surface area contributed by atoms with Gasteiger partial charge >= 0.3 is 11.9 Å². The lowest BCUT2D eigenvalue weighted by atomic mass is 9.94. The van der Waals surface area contributed by atoms with Crippen molar-refractivity contribution in [3.63, 3.8) is 0 Å². The Hall–Kier alpha value is -2.08. The number of carbonyl (C=O) groups excluding carboxylic acids is 2. The quantitative estimate of drug-likeness (QED) is 0.581. The van der Waals surface area contributed by atoms with Gasteiger partial charge in [0.2, 0.25) is 0 Å². The highest BCUT2D eigenvalue weighted by molar-refractivity contribution is 5.83. The van der Waals surface area contributed by atoms with Crippen molar-refractivity contribution in [3.8, 4) is 0 Å². The van der Waals surface area contributed by atoms with Crippen molar-refractivity contribution in [1.29, 1.82) is 0 Å². The van der Waals surface area contributed by atoms with Gasteiger partial charge in [-0.25, -0.2) is 4.79 Å². The third kappa shape index (κ3) is 3.96. The number of hydrogen-bond donors (Lipinski definition) is 2. The number of aliphatic hydroxyl groups is 1. The average molecular weight is 267 g/mol. The van der Waals surface area contributed by atoms with Crippen LogP contribution < -0.4 is 5.73 Å². The van der Waals surface area contributed by atoms with Crippen LogP contribution in [0.2, 0.25) is 0 Å². The predicted molar refractivity (Wildman–Crippen MR) is 68.1 cm³/mol. The lowest BCUT2D eigenvalue weighted by Gasteiger charge is -2.18. The minimum atomic E-state index is -1.56. The van der Waals surface area contributed by atoms with Gasteiger partial charge in [-0.05, 0) is 24.1 Å². The zero-order valence-electron chi connectivity index (χ0n) is 10.8. The van der Waals surface area contributed by atoms with Gasteiger partial charge in [-0.15, -0.1) is 0 Å². The van der Waals surface area contributed by atoms with Crippen LogP contribution in [0, 0.1) is 5.92 Å². The second-order valence-electron chi connectivity index (χ2n) is 4.04. The molecule has 0 radical (unpaired) electrons. The first kappa shape index (κ1) is 15.0. The van der Waals surface area contributed by atoms with E-state index in [0.29, 0.717) is 5.69 Å². The van der Waals surface area contributed by atoms with Crippen molar-refractivity contribution >= 4 is 17.6 Å². The highest BCUT2D eigenvalue weighted by Gasteiger charge is 2.33. The van der Waals surface area contributed by atoms with E-state index in [9.17, 15) is 14.7 Å². The van der Waals surface area contributed by atoms with E-state index in [-0.39, 0.29) is 6.42 Å². The van der Waals surface area contributed by atoms with Crippen molar-refractivity contribution < 1.29 is 24.2 Å². The van der Waals surface area contributed by atoms with Crippen molar-refractivity contribution in [3.05, 3.63) is 29.8 Å². The Morgan fingerprint density at radius 2 is 1.68 bits per heavy atom. The third-order valence-corrected chi connectivity index (χ3v) is 2.76. The SMILES string of the molecule is COC(=O)[C@@H](O)[C@@H](Cc1ccc(N)cc1)C(=O)OC. The van der Waals surface area contributed by atoms with Gasteiger partial charge in [0.15, 0.2) is 6.10 Å². The van der Waals surface area contributed by atoms with E-state index in [1.54, 1.807) is 24.3 Å². The Morgan fingerprint density at radius 3 is 2.16 bits per heavy atom. The summed E-state index contributed by atoms with van der Waals surface area (Å²) in [4.78, 5) is 22.9. The number of rotatable bonds is 5. The number of carbonyl (C=O) groups is 2. The van der Waals surface area contributed by atoms with Gasteiger partial charge in [-0.3, -0.25) is 4.79 Å². The summed E-state index contributed by atoms with van der Waals surface area (Å²) in [5.41, 5.74) is 6.90. The second kappa shape index (κ2) is 6.75. The van der Waals surface area contributed by atoms with Crippen LogP contribution in [0.15, 0.2) is 24.3 Å². The van der Waals surface area contributed by atoms with Crippen LogP contribution in [0.3, 0.4) is 0 Å². The summed E-state index contributed by atoms with van der Waals surface area (Å²) in [6.07, 6.45) is -1.40. The Bertz CT molecular complexity index is 443. The summed E-state index contributed by atoms with van der Waals surface area (Å²) in [6.45, 7) is 0. The van der Waals surface area contributed by atoms with E-state index >= 15 is 0 Å². The molecule has 19 heavy (non-hydrogen) atoms. The zero-order chi connectivity index (χ0) is 14.4. The number of esters is 2. The van der Waals surface area contributed by atoms with Gasteiger partial charge in [-0.2, -0.15) is 0 Å². The largest absolute Gasteiger partial charge is 0.469 e. The van der Waals surface area contributed by atoms with Crippen molar-refractivity contribution in [2.45, 2.75) is 12.5 Å². The second-order valence-corrected chi connectivity index (χ2v) is 4.04. The first-order chi connectivity index (χ1) is 8.99. The molecule has 1 rings (SSSR count). The third-order valence-electron chi connectivity index (χ3n) is 2.76. The summed E-state index contributed by atoms with van der Waals surface area (Å²) < 4.78 is 9.02. The highest BCUT2D eigenvalue weighted by Crippen LogP contribution is 2.17. The molecule has 0 heterocycles. The number of aliphatic hydroxyl groups excluding tert-OH is 1. The first-order valence-electron chi connectivity index (χ1n) is 5.67. The van der Waals surface area contributed by atoms with Gasteiger partial charge in [0.1, 0.15) is 0 Å². The molecule has 0 saturated heterocycles. The summed E-state index contributed by atoms with van der Waals surface area (Å²) >= 11 is 0. The average Bonchev–Trinajstić information content (AvgIpc) is 2.44. The van der Waals surface area contributed by atoms with Crippen molar-refractivity contribution in [2.75, 3.05) is 20.0 Å². The van der Waals surface area contributed by atoms with E-state index in [2.05, 4.69) is 9.47 Å². The predicted octanol–water partition coefficient (Wildman–Crippen LogP) is 0.134. The number of ether oxygens (including phenoxy) is 2. The molecule has 6 heteroatoms. The minimum absolute atomic E-state index is 0.156. The molecule has 3 N–H and O–H groups in total. The molecule has 0 saturated carbocycles. The van der Waals surface area contributed by atoms with E-state index in [1.165, 1.54) is 7.11 Å². The van der Waals surface area contributed by atoms with Crippen LogP contribution in [0.4, 0.5) is 5.69 Å². The van der Waals surface area contributed by atoms with Crippen molar-refractivity contribution in [1.82, 2.24) is 0 Å². The molecule has 104 valence electrons. The molecule has 0 spiro atoms. The van der Waals surface area contributed by atoms with Crippen LogP contribution in [-0.4, -0.2) is 37.4 Å². The maximum absolute atomic E-state index is 11.6. The molecular weight excluding hydrogens is 250 g/mol. The number of hydrogen-bond acceptors (Lipinski definition) is 6. The van der Waals surface area contributed by atoms with Gasteiger partial charge in [0.05, 0.1) is 20.1 Å². The van der Waals surface area contributed by atoms with E-state index in [4.69, 9.17) is 5.73 Å². The van der Waals surface area contributed by atoms with Crippen molar-refractivity contribution in [2.24, 2.45) is 5.92 Å². The Morgan fingerprint density at radius 1 is 1.16 bits per heavy atom. The summed E-state index contributed by atoms with van der Waals surface area (Å²) in [6, 6.07) is 6.78.